The van der Waals surface area contributed by atoms with Crippen LogP contribution in [0.1, 0.15) is 16.1 Å². The van der Waals surface area contributed by atoms with E-state index in [9.17, 15) is 9.59 Å². The number of ether oxygens (including phenoxy) is 1. The van der Waals surface area contributed by atoms with Gasteiger partial charge in [-0.15, -0.1) is 0 Å². The minimum atomic E-state index is -0.450. The monoisotopic (exact) mass is 323 g/mol. The van der Waals surface area contributed by atoms with Crippen molar-refractivity contribution < 1.29 is 9.53 Å². The third-order valence-corrected chi connectivity index (χ3v) is 3.57. The Hall–Kier alpha value is -3.15. The second-order valence-corrected chi connectivity index (χ2v) is 5.54. The number of pyridine rings is 1. The molecule has 0 atom stereocenters. The maximum Gasteiger partial charge on any atom is 0.338 e. The number of hydrogen-bond donors (Lipinski definition) is 0. The van der Waals surface area contributed by atoms with Crippen LogP contribution in [-0.2, 0) is 11.3 Å². The molecule has 6 nitrogen and oxygen atoms in total. The van der Waals surface area contributed by atoms with Gasteiger partial charge in [0.15, 0.2) is 0 Å². The molecule has 1 aromatic carbocycles. The number of esters is 1. The first kappa shape index (κ1) is 15.7. The first-order valence-corrected chi connectivity index (χ1v) is 7.46. The molecule has 0 bridgehead atoms. The minimum Gasteiger partial charge on any atom is -0.456 e. The Bertz CT molecular complexity index is 947. The molecule has 0 aliphatic heterocycles. The molecule has 0 radical (unpaired) electrons. The molecule has 0 aliphatic carbocycles. The average Bonchev–Trinajstić information content (AvgIpc) is 2.60. The molecule has 24 heavy (non-hydrogen) atoms. The van der Waals surface area contributed by atoms with Gasteiger partial charge < -0.3 is 9.64 Å². The molecular formula is C18H17N3O3. The van der Waals surface area contributed by atoms with Crippen molar-refractivity contribution in [1.29, 1.82) is 0 Å². The van der Waals surface area contributed by atoms with E-state index in [4.69, 9.17) is 4.74 Å². The molecule has 3 aromatic rings. The van der Waals surface area contributed by atoms with Crippen LogP contribution in [0.5, 0.6) is 0 Å². The third-order valence-electron chi connectivity index (χ3n) is 3.57. The number of anilines is 1. The van der Waals surface area contributed by atoms with Crippen molar-refractivity contribution in [3.8, 4) is 0 Å². The fraction of sp³-hybridized carbons (Fsp3) is 0.167. The molecular weight excluding hydrogens is 306 g/mol. The summed E-state index contributed by atoms with van der Waals surface area (Å²) in [7, 11) is 3.80. The van der Waals surface area contributed by atoms with Gasteiger partial charge in [-0.2, -0.15) is 0 Å². The predicted octanol–water partition coefficient (Wildman–Crippen LogP) is 2.12. The highest BCUT2D eigenvalue weighted by Crippen LogP contribution is 2.14. The topological polar surface area (TPSA) is 63.9 Å². The molecule has 6 heteroatoms. The lowest BCUT2D eigenvalue weighted by Crippen LogP contribution is -2.16. The van der Waals surface area contributed by atoms with E-state index in [1.165, 1.54) is 10.5 Å². The highest BCUT2D eigenvalue weighted by molar-refractivity contribution is 5.90. The van der Waals surface area contributed by atoms with Gasteiger partial charge >= 0.3 is 5.97 Å². The smallest absolute Gasteiger partial charge is 0.338 e. The molecule has 0 spiro atoms. The van der Waals surface area contributed by atoms with E-state index >= 15 is 0 Å². The molecule has 0 unspecified atom stereocenters. The van der Waals surface area contributed by atoms with Gasteiger partial charge in [-0.1, -0.05) is 12.1 Å². The average molecular weight is 323 g/mol. The van der Waals surface area contributed by atoms with Crippen molar-refractivity contribution >= 4 is 17.3 Å². The van der Waals surface area contributed by atoms with Gasteiger partial charge in [0.25, 0.3) is 5.56 Å². The number of rotatable bonds is 4. The Morgan fingerprint density at radius 1 is 1.17 bits per heavy atom. The van der Waals surface area contributed by atoms with E-state index < -0.39 is 5.97 Å². The number of aromatic nitrogens is 2. The van der Waals surface area contributed by atoms with Crippen molar-refractivity contribution in [3.63, 3.8) is 0 Å². The predicted molar refractivity (Wildman–Crippen MR) is 91.4 cm³/mol. The summed E-state index contributed by atoms with van der Waals surface area (Å²) in [5.41, 5.74) is 2.10. The highest BCUT2D eigenvalue weighted by atomic mass is 16.5. The van der Waals surface area contributed by atoms with Crippen LogP contribution in [0, 0.1) is 0 Å². The van der Waals surface area contributed by atoms with Crippen molar-refractivity contribution in [1.82, 2.24) is 9.38 Å². The first-order chi connectivity index (χ1) is 11.5. The first-order valence-electron chi connectivity index (χ1n) is 7.46. The van der Waals surface area contributed by atoms with Crippen LogP contribution in [0.3, 0.4) is 0 Å². The Morgan fingerprint density at radius 3 is 2.79 bits per heavy atom. The fourth-order valence-corrected chi connectivity index (χ4v) is 2.31. The standard InChI is InChI=1S/C18H17N3O3/c1-20(2)15-7-5-6-13(10-15)18(23)24-12-14-11-17(22)21-9-4-3-8-16(21)19-14/h3-11H,12H2,1-2H3. The molecule has 0 amide bonds. The fourth-order valence-electron chi connectivity index (χ4n) is 2.31. The van der Waals surface area contributed by atoms with Gasteiger partial charge in [-0.25, -0.2) is 9.78 Å². The number of nitrogens with zero attached hydrogens (tertiary/aromatic N) is 3. The van der Waals surface area contributed by atoms with Gasteiger partial charge in [-0.3, -0.25) is 9.20 Å². The quantitative estimate of drug-likeness (QED) is 0.688. The summed E-state index contributed by atoms with van der Waals surface area (Å²) in [5, 5.41) is 0. The number of hydrogen-bond acceptors (Lipinski definition) is 5. The summed E-state index contributed by atoms with van der Waals surface area (Å²) in [6.45, 7) is -0.0499. The van der Waals surface area contributed by atoms with E-state index in [0.29, 0.717) is 16.9 Å². The van der Waals surface area contributed by atoms with Crippen LogP contribution < -0.4 is 10.5 Å². The summed E-state index contributed by atoms with van der Waals surface area (Å²) in [5.74, 6) is -0.450. The minimum absolute atomic E-state index is 0.0499. The number of carbonyl (C=O) groups is 1. The van der Waals surface area contributed by atoms with Crippen LogP contribution in [0.25, 0.3) is 5.65 Å². The van der Waals surface area contributed by atoms with Gasteiger partial charge in [0, 0.05) is 32.0 Å². The lowest BCUT2D eigenvalue weighted by Gasteiger charge is -2.13. The van der Waals surface area contributed by atoms with Crippen LogP contribution >= 0.6 is 0 Å². The molecule has 2 aromatic heterocycles. The van der Waals surface area contributed by atoms with Gasteiger partial charge in [0.05, 0.1) is 11.3 Å². The van der Waals surface area contributed by atoms with Gasteiger partial charge in [0.1, 0.15) is 12.3 Å². The van der Waals surface area contributed by atoms with Gasteiger partial charge in [0.2, 0.25) is 0 Å². The maximum absolute atomic E-state index is 12.2. The van der Waals surface area contributed by atoms with Crippen molar-refractivity contribution in [3.05, 3.63) is 76.3 Å². The van der Waals surface area contributed by atoms with E-state index in [0.717, 1.165) is 5.69 Å². The van der Waals surface area contributed by atoms with Crippen LogP contribution in [0.4, 0.5) is 5.69 Å². The molecule has 3 rings (SSSR count). The normalized spacial score (nSPS) is 10.6. The Morgan fingerprint density at radius 2 is 2.00 bits per heavy atom. The second-order valence-electron chi connectivity index (χ2n) is 5.54. The van der Waals surface area contributed by atoms with E-state index in [2.05, 4.69) is 4.98 Å². The van der Waals surface area contributed by atoms with Crippen molar-refractivity contribution in [2.24, 2.45) is 0 Å². The number of fused-ring (bicyclic) bond motifs is 1. The lowest BCUT2D eigenvalue weighted by atomic mass is 10.2. The van der Waals surface area contributed by atoms with Crippen LogP contribution in [0.15, 0.2) is 59.5 Å². The Labute approximate surface area is 138 Å². The second kappa shape index (κ2) is 6.54. The molecule has 0 saturated carbocycles. The summed E-state index contributed by atoms with van der Waals surface area (Å²) < 4.78 is 6.72. The maximum atomic E-state index is 12.2. The zero-order valence-corrected chi connectivity index (χ0v) is 13.5. The molecule has 0 aliphatic rings. The Kier molecular flexibility index (Phi) is 4.29. The number of benzene rings is 1. The zero-order chi connectivity index (χ0) is 17.1. The lowest BCUT2D eigenvalue weighted by molar-refractivity contribution is 0.0468. The summed E-state index contributed by atoms with van der Waals surface area (Å²) >= 11 is 0. The van der Waals surface area contributed by atoms with E-state index in [1.54, 1.807) is 42.6 Å². The Balaban J connectivity index is 1.77. The van der Waals surface area contributed by atoms with Crippen LogP contribution in [0.2, 0.25) is 0 Å². The molecule has 0 N–H and O–H groups in total. The largest absolute Gasteiger partial charge is 0.456 e. The van der Waals surface area contributed by atoms with E-state index in [1.807, 2.05) is 25.1 Å². The molecule has 0 saturated heterocycles. The third kappa shape index (κ3) is 3.27. The summed E-state index contributed by atoms with van der Waals surface area (Å²) in [4.78, 5) is 30.4. The van der Waals surface area contributed by atoms with E-state index in [-0.39, 0.29) is 12.2 Å². The summed E-state index contributed by atoms with van der Waals surface area (Å²) in [6, 6.07) is 13.8. The molecule has 122 valence electrons. The van der Waals surface area contributed by atoms with Gasteiger partial charge in [-0.05, 0) is 30.3 Å². The molecule has 2 heterocycles. The SMILES string of the molecule is CN(C)c1cccc(C(=O)OCc2cc(=O)n3ccccc3n2)c1. The highest BCUT2D eigenvalue weighted by Gasteiger charge is 2.10. The summed E-state index contributed by atoms with van der Waals surface area (Å²) in [6.07, 6.45) is 1.65. The van der Waals surface area contributed by atoms with Crippen LogP contribution in [-0.4, -0.2) is 29.4 Å². The number of carbonyl (C=O) groups excluding carboxylic acids is 1. The van der Waals surface area contributed by atoms with Crippen molar-refractivity contribution in [2.45, 2.75) is 6.61 Å². The zero-order valence-electron chi connectivity index (χ0n) is 13.5. The molecule has 0 fully saturated rings. The van der Waals surface area contributed by atoms with Crippen molar-refractivity contribution in [2.75, 3.05) is 19.0 Å².